The molecule has 0 saturated heterocycles. The number of carbonyl (C=O) groups excluding carboxylic acids is 3. The van der Waals surface area contributed by atoms with E-state index in [-0.39, 0.29) is 6.42 Å². The first-order chi connectivity index (χ1) is 9.38. The second-order valence-electron chi connectivity index (χ2n) is 4.13. The molecule has 1 rings (SSSR count). The van der Waals surface area contributed by atoms with Crippen molar-refractivity contribution in [1.29, 1.82) is 0 Å². The molecule has 2 amide bonds. The maximum atomic E-state index is 11.5. The third-order valence-electron chi connectivity index (χ3n) is 2.44. The normalized spacial score (nSPS) is 11.5. The number of nitrogens with one attached hydrogen (secondary N) is 1. The summed E-state index contributed by atoms with van der Waals surface area (Å²) in [7, 11) is 0. The van der Waals surface area contributed by atoms with E-state index < -0.39 is 30.4 Å². The van der Waals surface area contributed by atoms with Crippen LogP contribution in [-0.4, -0.2) is 30.4 Å². The van der Waals surface area contributed by atoms with Crippen molar-refractivity contribution in [3.8, 4) is 0 Å². The van der Waals surface area contributed by atoms with Gasteiger partial charge in [0.15, 0.2) is 6.61 Å². The molecule has 0 bridgehead atoms. The van der Waals surface area contributed by atoms with Gasteiger partial charge in [-0.05, 0) is 17.7 Å². The molecule has 108 valence electrons. The predicted molar refractivity (Wildman–Crippen MR) is 72.9 cm³/mol. The number of hydrogen-bond acceptors (Lipinski definition) is 4. The quantitative estimate of drug-likeness (QED) is 0.743. The van der Waals surface area contributed by atoms with Crippen molar-refractivity contribution in [2.75, 3.05) is 6.61 Å². The highest BCUT2D eigenvalue weighted by molar-refractivity contribution is 6.30. The lowest BCUT2D eigenvalue weighted by molar-refractivity contribution is -0.146. The SMILES string of the molecule is CC(=O)OCC(=O)N[C@H](Cc1ccc(Cl)cc1)C(N)=O. The van der Waals surface area contributed by atoms with E-state index in [1.807, 2.05) is 0 Å². The van der Waals surface area contributed by atoms with E-state index in [0.717, 1.165) is 5.56 Å². The van der Waals surface area contributed by atoms with Crippen molar-refractivity contribution in [3.63, 3.8) is 0 Å². The van der Waals surface area contributed by atoms with Crippen LogP contribution < -0.4 is 11.1 Å². The molecule has 0 unspecified atom stereocenters. The Labute approximate surface area is 121 Å². The Kier molecular flexibility index (Phi) is 5.99. The molecule has 0 aliphatic heterocycles. The first kappa shape index (κ1) is 16.0. The number of esters is 1. The molecule has 6 nitrogen and oxygen atoms in total. The topological polar surface area (TPSA) is 98.5 Å². The average Bonchev–Trinajstić information content (AvgIpc) is 2.38. The second-order valence-corrected chi connectivity index (χ2v) is 4.57. The summed E-state index contributed by atoms with van der Waals surface area (Å²) in [5.41, 5.74) is 6.03. The maximum Gasteiger partial charge on any atom is 0.303 e. The Morgan fingerprint density at radius 1 is 1.30 bits per heavy atom. The van der Waals surface area contributed by atoms with E-state index >= 15 is 0 Å². The fraction of sp³-hybridized carbons (Fsp3) is 0.308. The van der Waals surface area contributed by atoms with Crippen LogP contribution in [0.4, 0.5) is 0 Å². The van der Waals surface area contributed by atoms with Crippen LogP contribution in [0.25, 0.3) is 0 Å². The van der Waals surface area contributed by atoms with E-state index in [0.29, 0.717) is 5.02 Å². The van der Waals surface area contributed by atoms with E-state index in [1.54, 1.807) is 24.3 Å². The monoisotopic (exact) mass is 298 g/mol. The highest BCUT2D eigenvalue weighted by atomic mass is 35.5. The molecule has 1 aromatic rings. The van der Waals surface area contributed by atoms with Gasteiger partial charge in [-0.3, -0.25) is 14.4 Å². The lowest BCUT2D eigenvalue weighted by Gasteiger charge is -2.15. The molecular weight excluding hydrogens is 284 g/mol. The summed E-state index contributed by atoms with van der Waals surface area (Å²) < 4.78 is 4.53. The van der Waals surface area contributed by atoms with Gasteiger partial charge >= 0.3 is 5.97 Å². The van der Waals surface area contributed by atoms with E-state index in [9.17, 15) is 14.4 Å². The van der Waals surface area contributed by atoms with E-state index in [4.69, 9.17) is 17.3 Å². The lowest BCUT2D eigenvalue weighted by atomic mass is 10.1. The summed E-state index contributed by atoms with van der Waals surface area (Å²) in [5.74, 6) is -1.83. The van der Waals surface area contributed by atoms with Crippen LogP contribution in [0.3, 0.4) is 0 Å². The summed E-state index contributed by atoms with van der Waals surface area (Å²) in [6, 6.07) is 5.94. The van der Waals surface area contributed by atoms with Gasteiger partial charge in [-0.1, -0.05) is 23.7 Å². The van der Waals surface area contributed by atoms with Crippen molar-refractivity contribution in [2.24, 2.45) is 5.73 Å². The predicted octanol–water partition coefficient (Wildman–Crippen LogP) is 0.416. The largest absolute Gasteiger partial charge is 0.456 e. The van der Waals surface area contributed by atoms with Crippen LogP contribution in [0.5, 0.6) is 0 Å². The number of ether oxygens (including phenoxy) is 1. The maximum absolute atomic E-state index is 11.5. The Hall–Kier alpha value is -2.08. The number of nitrogens with two attached hydrogens (primary N) is 1. The molecule has 0 aromatic heterocycles. The van der Waals surface area contributed by atoms with Crippen LogP contribution in [0.2, 0.25) is 5.02 Å². The minimum Gasteiger partial charge on any atom is -0.456 e. The third-order valence-corrected chi connectivity index (χ3v) is 2.69. The van der Waals surface area contributed by atoms with Gasteiger partial charge in [0, 0.05) is 18.4 Å². The van der Waals surface area contributed by atoms with Crippen molar-refractivity contribution >= 4 is 29.4 Å². The molecule has 0 radical (unpaired) electrons. The number of hydrogen-bond donors (Lipinski definition) is 2. The molecule has 0 fully saturated rings. The van der Waals surface area contributed by atoms with Gasteiger partial charge in [0.2, 0.25) is 5.91 Å². The molecule has 1 aromatic carbocycles. The van der Waals surface area contributed by atoms with E-state index in [1.165, 1.54) is 6.92 Å². The van der Waals surface area contributed by atoms with Crippen LogP contribution in [0.1, 0.15) is 12.5 Å². The first-order valence-corrected chi connectivity index (χ1v) is 6.22. The second kappa shape index (κ2) is 7.49. The highest BCUT2D eigenvalue weighted by Crippen LogP contribution is 2.11. The van der Waals surface area contributed by atoms with Crippen molar-refractivity contribution in [3.05, 3.63) is 34.9 Å². The molecule has 0 aliphatic carbocycles. The van der Waals surface area contributed by atoms with Crippen molar-refractivity contribution in [1.82, 2.24) is 5.32 Å². The van der Waals surface area contributed by atoms with Crippen LogP contribution >= 0.6 is 11.6 Å². The molecule has 0 spiro atoms. The Balaban J connectivity index is 2.60. The molecule has 3 N–H and O–H groups in total. The lowest BCUT2D eigenvalue weighted by Crippen LogP contribution is -2.47. The summed E-state index contributed by atoms with van der Waals surface area (Å²) in [5, 5.41) is 2.98. The van der Waals surface area contributed by atoms with Crippen LogP contribution in [0, 0.1) is 0 Å². The average molecular weight is 299 g/mol. The Bertz CT molecular complexity index is 502. The fourth-order valence-corrected chi connectivity index (χ4v) is 1.61. The zero-order valence-electron chi connectivity index (χ0n) is 10.9. The highest BCUT2D eigenvalue weighted by Gasteiger charge is 2.19. The Morgan fingerprint density at radius 2 is 1.90 bits per heavy atom. The van der Waals surface area contributed by atoms with Crippen molar-refractivity contribution < 1.29 is 19.1 Å². The summed E-state index contributed by atoms with van der Waals surface area (Å²) in [6.45, 7) is 0.742. The smallest absolute Gasteiger partial charge is 0.303 e. The van der Waals surface area contributed by atoms with Gasteiger partial charge in [0.25, 0.3) is 5.91 Å². The molecule has 7 heteroatoms. The number of rotatable bonds is 6. The summed E-state index contributed by atoms with van der Waals surface area (Å²) >= 11 is 5.76. The summed E-state index contributed by atoms with van der Waals surface area (Å²) in [4.78, 5) is 33.4. The summed E-state index contributed by atoms with van der Waals surface area (Å²) in [6.07, 6.45) is 0.234. The number of benzene rings is 1. The Morgan fingerprint density at radius 3 is 2.40 bits per heavy atom. The molecule has 1 atom stereocenters. The molecule has 0 saturated carbocycles. The number of primary amides is 1. The van der Waals surface area contributed by atoms with Gasteiger partial charge in [-0.25, -0.2) is 0 Å². The molecule has 0 aliphatic rings. The number of carbonyl (C=O) groups is 3. The van der Waals surface area contributed by atoms with E-state index in [2.05, 4.69) is 10.1 Å². The van der Waals surface area contributed by atoms with Gasteiger partial charge in [-0.2, -0.15) is 0 Å². The molecule has 20 heavy (non-hydrogen) atoms. The van der Waals surface area contributed by atoms with Crippen LogP contribution in [-0.2, 0) is 25.5 Å². The third kappa shape index (κ3) is 5.71. The fourth-order valence-electron chi connectivity index (χ4n) is 1.48. The zero-order valence-corrected chi connectivity index (χ0v) is 11.6. The van der Waals surface area contributed by atoms with Gasteiger partial charge in [-0.15, -0.1) is 0 Å². The number of amides is 2. The number of halogens is 1. The minimum absolute atomic E-state index is 0.234. The van der Waals surface area contributed by atoms with Gasteiger partial charge in [0.1, 0.15) is 6.04 Å². The van der Waals surface area contributed by atoms with Gasteiger partial charge < -0.3 is 15.8 Å². The standard InChI is InChI=1S/C13H15ClN2O4/c1-8(17)20-7-12(18)16-11(13(15)19)6-9-2-4-10(14)5-3-9/h2-5,11H,6-7H2,1H3,(H2,15,19)(H,16,18)/t11-/m1/s1. The molecule has 0 heterocycles. The van der Waals surface area contributed by atoms with Gasteiger partial charge in [0.05, 0.1) is 0 Å². The van der Waals surface area contributed by atoms with Crippen LogP contribution in [0.15, 0.2) is 24.3 Å². The van der Waals surface area contributed by atoms with Crippen molar-refractivity contribution in [2.45, 2.75) is 19.4 Å². The first-order valence-electron chi connectivity index (χ1n) is 5.85. The minimum atomic E-state index is -0.876. The zero-order chi connectivity index (χ0) is 15.1. The molecular formula is C13H15ClN2O4.